The highest BCUT2D eigenvalue weighted by atomic mass is 32.2. The number of carbonyl (C=O) groups excluding carboxylic acids is 1. The summed E-state index contributed by atoms with van der Waals surface area (Å²) in [6, 6.07) is 10.3. The zero-order chi connectivity index (χ0) is 20.9. The summed E-state index contributed by atoms with van der Waals surface area (Å²) in [4.78, 5) is 12.5. The number of nitrogens with zero attached hydrogens (tertiary/aromatic N) is 1. The van der Waals surface area contributed by atoms with E-state index in [1.165, 1.54) is 34.6 Å². The van der Waals surface area contributed by atoms with Crippen LogP contribution in [0.25, 0.3) is 0 Å². The van der Waals surface area contributed by atoms with Gasteiger partial charge in [0.05, 0.1) is 36.8 Å². The molecule has 2 aromatic carbocycles. The van der Waals surface area contributed by atoms with Crippen LogP contribution in [0.15, 0.2) is 47.4 Å². The number of anilines is 1. The first kappa shape index (κ1) is 21.2. The molecule has 0 aliphatic carbocycles. The molecule has 0 spiro atoms. The number of sulfonamides is 1. The first-order chi connectivity index (χ1) is 13.9. The third-order valence-corrected chi connectivity index (χ3v) is 6.34. The van der Waals surface area contributed by atoms with Crippen molar-refractivity contribution in [2.45, 2.75) is 18.2 Å². The Kier molecular flexibility index (Phi) is 6.83. The van der Waals surface area contributed by atoms with Gasteiger partial charge in [-0.25, -0.2) is 12.8 Å². The summed E-state index contributed by atoms with van der Waals surface area (Å²) in [6.07, 6.45) is -0.182. The number of rotatable bonds is 7. The molecule has 0 atom stereocenters. The maximum absolute atomic E-state index is 13.8. The molecule has 29 heavy (non-hydrogen) atoms. The van der Waals surface area contributed by atoms with Crippen LogP contribution < -0.4 is 10.1 Å². The highest BCUT2D eigenvalue weighted by Gasteiger charge is 2.27. The van der Waals surface area contributed by atoms with Crippen molar-refractivity contribution in [3.8, 4) is 5.75 Å². The van der Waals surface area contributed by atoms with Gasteiger partial charge in [-0.05, 0) is 36.8 Å². The second-order valence-corrected chi connectivity index (χ2v) is 8.36. The van der Waals surface area contributed by atoms with Gasteiger partial charge in [-0.3, -0.25) is 4.79 Å². The van der Waals surface area contributed by atoms with Crippen molar-refractivity contribution in [2.24, 2.45) is 0 Å². The van der Waals surface area contributed by atoms with Crippen LogP contribution in [-0.4, -0.2) is 51.5 Å². The SMILES string of the molecule is CCOc1ccc(S(=O)(=O)N2CCOCC2)cc1NC(=O)Cc1ccccc1F. The van der Waals surface area contributed by atoms with Crippen molar-refractivity contribution in [3.63, 3.8) is 0 Å². The molecule has 2 aromatic rings. The van der Waals surface area contributed by atoms with Crippen molar-refractivity contribution >= 4 is 21.6 Å². The Morgan fingerprint density at radius 1 is 1.21 bits per heavy atom. The summed E-state index contributed by atoms with van der Waals surface area (Å²) in [7, 11) is -3.73. The van der Waals surface area contributed by atoms with Crippen molar-refractivity contribution in [3.05, 3.63) is 53.8 Å². The largest absolute Gasteiger partial charge is 0.492 e. The van der Waals surface area contributed by atoms with E-state index in [1.807, 2.05) is 0 Å². The van der Waals surface area contributed by atoms with Crippen LogP contribution in [0.5, 0.6) is 5.75 Å². The average molecular weight is 422 g/mol. The molecule has 0 unspecified atom stereocenters. The first-order valence-corrected chi connectivity index (χ1v) is 10.7. The van der Waals surface area contributed by atoms with E-state index >= 15 is 0 Å². The third-order valence-electron chi connectivity index (χ3n) is 4.44. The molecule has 1 N–H and O–H groups in total. The van der Waals surface area contributed by atoms with Crippen LogP contribution in [0.4, 0.5) is 10.1 Å². The smallest absolute Gasteiger partial charge is 0.243 e. The van der Waals surface area contributed by atoms with Gasteiger partial charge in [-0.2, -0.15) is 4.31 Å². The lowest BCUT2D eigenvalue weighted by Gasteiger charge is -2.26. The van der Waals surface area contributed by atoms with E-state index in [2.05, 4.69) is 5.32 Å². The van der Waals surface area contributed by atoms with Gasteiger partial charge in [0.1, 0.15) is 11.6 Å². The number of amides is 1. The predicted molar refractivity (Wildman–Crippen MR) is 106 cm³/mol. The zero-order valence-corrected chi connectivity index (χ0v) is 16.9. The quantitative estimate of drug-likeness (QED) is 0.741. The molecular formula is C20H23FN2O5S. The lowest BCUT2D eigenvalue weighted by atomic mass is 10.1. The fourth-order valence-electron chi connectivity index (χ4n) is 2.99. The maximum Gasteiger partial charge on any atom is 0.243 e. The molecule has 0 saturated carbocycles. The summed E-state index contributed by atoms with van der Waals surface area (Å²) in [5.41, 5.74) is 0.475. The topological polar surface area (TPSA) is 84.9 Å². The maximum atomic E-state index is 13.8. The molecule has 1 amide bonds. The summed E-state index contributed by atoms with van der Waals surface area (Å²) in [5, 5.41) is 2.65. The minimum atomic E-state index is -3.73. The van der Waals surface area contributed by atoms with Crippen molar-refractivity contribution in [2.75, 3.05) is 38.2 Å². The van der Waals surface area contributed by atoms with Gasteiger partial charge >= 0.3 is 0 Å². The number of morpholine rings is 1. The average Bonchev–Trinajstić information content (AvgIpc) is 2.72. The first-order valence-electron chi connectivity index (χ1n) is 9.30. The van der Waals surface area contributed by atoms with Gasteiger partial charge in [-0.15, -0.1) is 0 Å². The van der Waals surface area contributed by atoms with E-state index in [1.54, 1.807) is 19.1 Å². The van der Waals surface area contributed by atoms with Crippen LogP contribution in [0.3, 0.4) is 0 Å². The second-order valence-electron chi connectivity index (χ2n) is 6.42. The molecule has 1 heterocycles. The minimum Gasteiger partial charge on any atom is -0.492 e. The predicted octanol–water partition coefficient (Wildman–Crippen LogP) is 2.43. The molecule has 3 rings (SSSR count). The number of hydrogen-bond donors (Lipinski definition) is 1. The fraction of sp³-hybridized carbons (Fsp3) is 0.350. The Morgan fingerprint density at radius 2 is 1.93 bits per heavy atom. The highest BCUT2D eigenvalue weighted by molar-refractivity contribution is 7.89. The molecule has 0 radical (unpaired) electrons. The Hall–Kier alpha value is -2.49. The Bertz CT molecular complexity index is 975. The van der Waals surface area contributed by atoms with E-state index in [9.17, 15) is 17.6 Å². The monoisotopic (exact) mass is 422 g/mol. The zero-order valence-electron chi connectivity index (χ0n) is 16.1. The third kappa shape index (κ3) is 5.11. The number of ether oxygens (including phenoxy) is 2. The normalized spacial score (nSPS) is 15.1. The molecule has 1 aliphatic heterocycles. The molecule has 0 bridgehead atoms. The number of nitrogens with one attached hydrogen (secondary N) is 1. The van der Waals surface area contributed by atoms with Crippen LogP contribution in [-0.2, 0) is 26.0 Å². The van der Waals surface area contributed by atoms with E-state index in [-0.39, 0.29) is 35.7 Å². The number of benzene rings is 2. The Balaban J connectivity index is 1.85. The highest BCUT2D eigenvalue weighted by Crippen LogP contribution is 2.30. The van der Waals surface area contributed by atoms with E-state index in [4.69, 9.17) is 9.47 Å². The van der Waals surface area contributed by atoms with Crippen molar-refractivity contribution in [1.82, 2.24) is 4.31 Å². The van der Waals surface area contributed by atoms with Crippen LogP contribution in [0, 0.1) is 5.82 Å². The van der Waals surface area contributed by atoms with E-state index < -0.39 is 21.7 Å². The Labute approximate surface area is 169 Å². The van der Waals surface area contributed by atoms with Crippen molar-refractivity contribution < 1.29 is 27.1 Å². The molecule has 156 valence electrons. The minimum absolute atomic E-state index is 0.0454. The van der Waals surface area contributed by atoms with Gasteiger partial charge in [0.25, 0.3) is 0 Å². The summed E-state index contributed by atoms with van der Waals surface area (Å²) < 4.78 is 51.7. The molecule has 9 heteroatoms. The molecule has 7 nitrogen and oxygen atoms in total. The number of halogens is 1. The molecular weight excluding hydrogens is 399 g/mol. The number of carbonyl (C=O) groups is 1. The summed E-state index contributed by atoms with van der Waals surface area (Å²) in [6.45, 7) is 3.33. The lowest BCUT2D eigenvalue weighted by molar-refractivity contribution is -0.115. The van der Waals surface area contributed by atoms with Gasteiger partial charge < -0.3 is 14.8 Å². The van der Waals surface area contributed by atoms with Gasteiger partial charge in [0.15, 0.2) is 0 Å². The van der Waals surface area contributed by atoms with Gasteiger partial charge in [0.2, 0.25) is 15.9 Å². The van der Waals surface area contributed by atoms with Crippen molar-refractivity contribution in [1.29, 1.82) is 0 Å². The number of hydrogen-bond acceptors (Lipinski definition) is 5. The summed E-state index contributed by atoms with van der Waals surface area (Å²) >= 11 is 0. The molecule has 1 aliphatic rings. The van der Waals surface area contributed by atoms with Crippen LogP contribution in [0.1, 0.15) is 12.5 Å². The fourth-order valence-corrected chi connectivity index (χ4v) is 4.43. The van der Waals surface area contributed by atoms with E-state index in [0.717, 1.165) is 0 Å². The van der Waals surface area contributed by atoms with Crippen LogP contribution in [0.2, 0.25) is 0 Å². The Morgan fingerprint density at radius 3 is 2.62 bits per heavy atom. The molecule has 1 fully saturated rings. The summed E-state index contributed by atoms with van der Waals surface area (Å²) in [5.74, 6) is -0.608. The second kappa shape index (κ2) is 9.34. The molecule has 0 aromatic heterocycles. The van der Waals surface area contributed by atoms with Gasteiger partial charge in [-0.1, -0.05) is 18.2 Å². The standard InChI is InChI=1S/C20H23FN2O5S/c1-2-28-19-8-7-16(29(25,26)23-9-11-27-12-10-23)14-18(19)22-20(24)13-15-5-3-4-6-17(15)21/h3-8,14H,2,9-13H2,1H3,(H,22,24). The van der Waals surface area contributed by atoms with E-state index in [0.29, 0.717) is 25.6 Å². The van der Waals surface area contributed by atoms with Gasteiger partial charge in [0, 0.05) is 13.1 Å². The molecule has 1 saturated heterocycles. The lowest BCUT2D eigenvalue weighted by Crippen LogP contribution is -2.40. The van der Waals surface area contributed by atoms with Crippen LogP contribution >= 0.6 is 0 Å².